The summed E-state index contributed by atoms with van der Waals surface area (Å²) in [6.45, 7) is 3.83. The van der Waals surface area contributed by atoms with E-state index < -0.39 is 0 Å². The SMILES string of the molecule is CN(C)c1ccc(-c2cc3nccnc3c(NC[C@@H]3CNCCN3C)n2)cn1.Cl. The van der Waals surface area contributed by atoms with Crippen molar-refractivity contribution in [1.29, 1.82) is 0 Å². The summed E-state index contributed by atoms with van der Waals surface area (Å²) in [5.41, 5.74) is 3.40. The molecule has 3 aromatic rings. The van der Waals surface area contributed by atoms with Crippen molar-refractivity contribution in [3.8, 4) is 11.3 Å². The number of likely N-dealkylation sites (N-methyl/N-ethyl adjacent to an activating group) is 1. The lowest BCUT2D eigenvalue weighted by Crippen LogP contribution is -2.52. The Morgan fingerprint density at radius 1 is 1.21 bits per heavy atom. The summed E-state index contributed by atoms with van der Waals surface area (Å²) in [7, 11) is 6.11. The molecule has 2 N–H and O–H groups in total. The fourth-order valence-electron chi connectivity index (χ4n) is 3.35. The van der Waals surface area contributed by atoms with Crippen molar-refractivity contribution in [3.63, 3.8) is 0 Å². The standard InChI is InChI=1S/C20H26N8.ClH/c1-27(2)18-5-4-14(11-24-18)16-10-17-19(23-7-6-22-17)20(26-16)25-13-15-12-21-8-9-28(15)3;/h4-7,10-11,15,21H,8-9,12-13H2,1-3H3,(H,25,26);1H/t15-;/m0./s1. The molecule has 0 bridgehead atoms. The first-order chi connectivity index (χ1) is 13.6. The summed E-state index contributed by atoms with van der Waals surface area (Å²) in [4.78, 5) is 22.7. The van der Waals surface area contributed by atoms with Gasteiger partial charge in [-0.05, 0) is 25.2 Å². The van der Waals surface area contributed by atoms with Crippen LogP contribution < -0.4 is 15.5 Å². The topological polar surface area (TPSA) is 82.1 Å². The average molecular weight is 415 g/mol. The lowest BCUT2D eigenvalue weighted by Gasteiger charge is -2.33. The molecule has 8 nitrogen and oxygen atoms in total. The van der Waals surface area contributed by atoms with Crippen LogP contribution in [-0.2, 0) is 0 Å². The number of pyridine rings is 2. The summed E-state index contributed by atoms with van der Waals surface area (Å²) < 4.78 is 0. The number of aromatic nitrogens is 4. The first-order valence-corrected chi connectivity index (χ1v) is 9.52. The summed E-state index contributed by atoms with van der Waals surface area (Å²) in [5.74, 6) is 1.67. The highest BCUT2D eigenvalue weighted by molar-refractivity contribution is 5.88. The number of fused-ring (bicyclic) bond motifs is 1. The van der Waals surface area contributed by atoms with Gasteiger partial charge in [0, 0.05) is 70.5 Å². The van der Waals surface area contributed by atoms with E-state index in [2.05, 4.69) is 37.5 Å². The maximum atomic E-state index is 4.85. The molecule has 0 aromatic carbocycles. The number of piperazine rings is 1. The Balaban J connectivity index is 0.00000240. The van der Waals surface area contributed by atoms with Gasteiger partial charge in [0.15, 0.2) is 5.82 Å². The molecule has 1 aliphatic rings. The van der Waals surface area contributed by atoms with Crippen LogP contribution in [0.2, 0.25) is 0 Å². The Hall–Kier alpha value is -2.55. The fourth-order valence-corrected chi connectivity index (χ4v) is 3.35. The second kappa shape index (κ2) is 9.30. The molecule has 0 unspecified atom stereocenters. The van der Waals surface area contributed by atoms with Crippen LogP contribution >= 0.6 is 12.4 Å². The van der Waals surface area contributed by atoms with E-state index in [-0.39, 0.29) is 12.4 Å². The predicted octanol–water partition coefficient (Wildman–Crippen LogP) is 1.89. The molecule has 0 spiro atoms. The maximum absolute atomic E-state index is 4.85. The normalized spacial score (nSPS) is 17.0. The molecular formula is C20H27ClN8. The second-order valence-electron chi connectivity index (χ2n) is 7.30. The molecule has 1 aliphatic heterocycles. The molecule has 0 aliphatic carbocycles. The van der Waals surface area contributed by atoms with Crippen LogP contribution in [0.4, 0.5) is 11.6 Å². The fraction of sp³-hybridized carbons (Fsp3) is 0.400. The maximum Gasteiger partial charge on any atom is 0.154 e. The molecule has 0 radical (unpaired) electrons. The first kappa shape index (κ1) is 21.2. The quantitative estimate of drug-likeness (QED) is 0.655. The van der Waals surface area contributed by atoms with Crippen molar-refractivity contribution < 1.29 is 0 Å². The van der Waals surface area contributed by atoms with Gasteiger partial charge in [-0.3, -0.25) is 9.88 Å². The van der Waals surface area contributed by atoms with Crippen molar-refractivity contribution in [3.05, 3.63) is 36.8 Å². The molecule has 9 heteroatoms. The van der Waals surface area contributed by atoms with Crippen LogP contribution in [0.1, 0.15) is 0 Å². The Morgan fingerprint density at radius 2 is 2.03 bits per heavy atom. The van der Waals surface area contributed by atoms with Gasteiger partial charge >= 0.3 is 0 Å². The van der Waals surface area contributed by atoms with E-state index >= 15 is 0 Å². The monoisotopic (exact) mass is 414 g/mol. The van der Waals surface area contributed by atoms with Crippen molar-refractivity contribution in [2.45, 2.75) is 6.04 Å². The summed E-state index contributed by atoms with van der Waals surface area (Å²) >= 11 is 0. The molecule has 0 amide bonds. The minimum Gasteiger partial charge on any atom is -0.367 e. The van der Waals surface area contributed by atoms with Crippen LogP contribution in [-0.4, -0.2) is 78.2 Å². The largest absolute Gasteiger partial charge is 0.367 e. The van der Waals surface area contributed by atoms with Gasteiger partial charge in [-0.25, -0.2) is 15.0 Å². The zero-order valence-electron chi connectivity index (χ0n) is 17.0. The molecule has 1 saturated heterocycles. The smallest absolute Gasteiger partial charge is 0.154 e. The Morgan fingerprint density at radius 3 is 2.76 bits per heavy atom. The van der Waals surface area contributed by atoms with E-state index in [4.69, 9.17) is 4.98 Å². The zero-order chi connectivity index (χ0) is 19.5. The number of nitrogens with one attached hydrogen (secondary N) is 2. The van der Waals surface area contributed by atoms with Gasteiger partial charge in [0.2, 0.25) is 0 Å². The number of hydrogen-bond acceptors (Lipinski definition) is 8. The molecular weight excluding hydrogens is 388 g/mol. The molecule has 4 heterocycles. The molecule has 29 heavy (non-hydrogen) atoms. The number of hydrogen-bond donors (Lipinski definition) is 2. The summed E-state index contributed by atoms with van der Waals surface area (Å²) in [6, 6.07) is 6.41. The van der Waals surface area contributed by atoms with Gasteiger partial charge in [0.25, 0.3) is 0 Å². The van der Waals surface area contributed by atoms with Crippen LogP contribution in [0.3, 0.4) is 0 Å². The molecule has 154 valence electrons. The third kappa shape index (κ3) is 4.72. The van der Waals surface area contributed by atoms with E-state index in [0.717, 1.165) is 60.1 Å². The van der Waals surface area contributed by atoms with Crippen molar-refractivity contribution >= 4 is 35.1 Å². The third-order valence-electron chi connectivity index (χ3n) is 5.11. The molecule has 4 rings (SSSR count). The lowest BCUT2D eigenvalue weighted by molar-refractivity contribution is 0.209. The molecule has 1 fully saturated rings. The lowest BCUT2D eigenvalue weighted by atomic mass is 10.1. The average Bonchev–Trinajstić information content (AvgIpc) is 2.73. The predicted molar refractivity (Wildman–Crippen MR) is 120 cm³/mol. The van der Waals surface area contributed by atoms with Crippen LogP contribution in [0.25, 0.3) is 22.3 Å². The molecule has 1 atom stereocenters. The minimum absolute atomic E-state index is 0. The second-order valence-corrected chi connectivity index (χ2v) is 7.30. The van der Waals surface area contributed by atoms with Gasteiger partial charge in [-0.2, -0.15) is 0 Å². The van der Waals surface area contributed by atoms with Crippen molar-refractivity contribution in [1.82, 2.24) is 30.2 Å². The van der Waals surface area contributed by atoms with E-state index in [9.17, 15) is 0 Å². The van der Waals surface area contributed by atoms with Gasteiger partial charge in [0.1, 0.15) is 11.3 Å². The van der Waals surface area contributed by atoms with Crippen LogP contribution in [0, 0.1) is 0 Å². The zero-order valence-corrected chi connectivity index (χ0v) is 17.8. The van der Waals surface area contributed by atoms with Gasteiger partial charge in [0.05, 0.1) is 11.2 Å². The summed E-state index contributed by atoms with van der Waals surface area (Å²) in [6.07, 6.45) is 5.27. The van der Waals surface area contributed by atoms with Crippen molar-refractivity contribution in [2.24, 2.45) is 0 Å². The van der Waals surface area contributed by atoms with Crippen molar-refractivity contribution in [2.75, 3.05) is 57.5 Å². The number of halogens is 1. The number of anilines is 2. The third-order valence-corrected chi connectivity index (χ3v) is 5.11. The highest BCUT2D eigenvalue weighted by atomic mass is 35.5. The highest BCUT2D eigenvalue weighted by Crippen LogP contribution is 2.26. The van der Waals surface area contributed by atoms with E-state index in [1.54, 1.807) is 12.4 Å². The first-order valence-electron chi connectivity index (χ1n) is 9.52. The minimum atomic E-state index is 0. The number of rotatable bonds is 5. The van der Waals surface area contributed by atoms with E-state index in [0.29, 0.717) is 6.04 Å². The van der Waals surface area contributed by atoms with Gasteiger partial charge < -0.3 is 15.5 Å². The van der Waals surface area contributed by atoms with E-state index in [1.165, 1.54) is 0 Å². The van der Waals surface area contributed by atoms with Crippen LogP contribution in [0.15, 0.2) is 36.8 Å². The number of nitrogens with zero attached hydrogens (tertiary/aromatic N) is 6. The van der Waals surface area contributed by atoms with E-state index in [1.807, 2.05) is 43.4 Å². The Bertz CT molecular complexity index is 947. The Labute approximate surface area is 177 Å². The van der Waals surface area contributed by atoms with Crippen LogP contribution in [0.5, 0.6) is 0 Å². The molecule has 0 saturated carbocycles. The highest BCUT2D eigenvalue weighted by Gasteiger charge is 2.19. The Kier molecular flexibility index (Phi) is 6.79. The summed E-state index contributed by atoms with van der Waals surface area (Å²) in [5, 5.41) is 6.95. The van der Waals surface area contributed by atoms with Gasteiger partial charge in [-0.15, -0.1) is 12.4 Å². The molecule has 3 aromatic heterocycles. The van der Waals surface area contributed by atoms with Gasteiger partial charge in [-0.1, -0.05) is 0 Å².